The summed E-state index contributed by atoms with van der Waals surface area (Å²) in [6.07, 6.45) is -4.67. The molecule has 0 spiro atoms. The maximum atomic E-state index is 13.1. The Bertz CT molecular complexity index is 892. The van der Waals surface area contributed by atoms with Crippen molar-refractivity contribution >= 4 is 23.1 Å². The molecular formula is C14H10ClF4N5. The van der Waals surface area contributed by atoms with Gasteiger partial charge in [0.05, 0.1) is 6.04 Å². The zero-order chi connectivity index (χ0) is 17.5. The number of alkyl halides is 3. The topological polar surface area (TPSA) is 55.1 Å². The lowest BCUT2D eigenvalue weighted by molar-refractivity contribution is -0.146. The third kappa shape index (κ3) is 3.12. The molecule has 1 N–H and O–H groups in total. The third-order valence-electron chi connectivity index (χ3n) is 3.31. The van der Waals surface area contributed by atoms with Crippen molar-refractivity contribution in [2.24, 2.45) is 0 Å². The zero-order valence-electron chi connectivity index (χ0n) is 12.1. The number of fused-ring (bicyclic) bond motifs is 1. The molecule has 0 saturated heterocycles. The molecule has 0 aliphatic rings. The highest BCUT2D eigenvalue weighted by Gasteiger charge is 2.37. The first-order valence-corrected chi connectivity index (χ1v) is 7.14. The fourth-order valence-corrected chi connectivity index (χ4v) is 2.53. The van der Waals surface area contributed by atoms with E-state index in [0.29, 0.717) is 10.1 Å². The van der Waals surface area contributed by atoms with Crippen molar-refractivity contribution in [2.45, 2.75) is 19.1 Å². The van der Waals surface area contributed by atoms with Crippen LogP contribution in [0.1, 0.15) is 24.4 Å². The molecule has 0 aliphatic heterocycles. The molecule has 5 nitrogen and oxygen atoms in total. The molecule has 2 aromatic heterocycles. The largest absolute Gasteiger partial charge is 0.453 e. The van der Waals surface area contributed by atoms with Gasteiger partial charge in [-0.1, -0.05) is 17.7 Å². The second-order valence-corrected chi connectivity index (χ2v) is 5.45. The highest BCUT2D eigenvalue weighted by Crippen LogP contribution is 2.29. The first-order chi connectivity index (χ1) is 11.3. The van der Waals surface area contributed by atoms with Crippen molar-refractivity contribution in [3.8, 4) is 0 Å². The van der Waals surface area contributed by atoms with Gasteiger partial charge in [0, 0.05) is 5.02 Å². The Balaban J connectivity index is 1.92. The van der Waals surface area contributed by atoms with Gasteiger partial charge in [0.2, 0.25) is 0 Å². The van der Waals surface area contributed by atoms with Gasteiger partial charge in [-0.3, -0.25) is 0 Å². The highest BCUT2D eigenvalue weighted by atomic mass is 35.5. The molecule has 3 aromatic rings. The lowest BCUT2D eigenvalue weighted by Crippen LogP contribution is -2.14. The van der Waals surface area contributed by atoms with Crippen molar-refractivity contribution in [2.75, 3.05) is 5.32 Å². The lowest BCUT2D eigenvalue weighted by atomic mass is 10.1. The van der Waals surface area contributed by atoms with Gasteiger partial charge in [0.25, 0.3) is 5.82 Å². The molecule has 0 saturated carbocycles. The standard InChI is InChI=1S/C14H10ClF4N5/c1-7(9-3-2-8(16)6-10(9)15)20-11-4-5-12-21-22-13(14(17,18)19)24(12)23-11/h2-7H,1H3,(H,20,23). The summed E-state index contributed by atoms with van der Waals surface area (Å²) >= 11 is 5.98. The summed E-state index contributed by atoms with van der Waals surface area (Å²) in [5.74, 6) is -1.52. The van der Waals surface area contributed by atoms with Crippen LogP contribution < -0.4 is 5.32 Å². The SMILES string of the molecule is CC(Nc1ccc2nnc(C(F)(F)F)n2n1)c1ccc(F)cc1Cl. The number of aromatic nitrogens is 4. The molecule has 10 heteroatoms. The van der Waals surface area contributed by atoms with Crippen molar-refractivity contribution in [1.29, 1.82) is 0 Å². The summed E-state index contributed by atoms with van der Waals surface area (Å²) < 4.78 is 52.3. The molecule has 24 heavy (non-hydrogen) atoms. The molecule has 126 valence electrons. The molecule has 3 rings (SSSR count). The summed E-state index contributed by atoms with van der Waals surface area (Å²) in [5.41, 5.74) is 0.556. The molecule has 2 heterocycles. The van der Waals surface area contributed by atoms with Crippen LogP contribution >= 0.6 is 11.6 Å². The first-order valence-electron chi connectivity index (χ1n) is 6.77. The Hall–Kier alpha value is -2.42. The molecule has 1 aromatic carbocycles. The Morgan fingerprint density at radius 3 is 2.58 bits per heavy atom. The minimum absolute atomic E-state index is 0.0275. The Kier molecular flexibility index (Phi) is 4.04. The maximum Gasteiger partial charge on any atom is 0.453 e. The van der Waals surface area contributed by atoms with Crippen LogP contribution in [0, 0.1) is 5.82 Å². The molecule has 0 fully saturated rings. The molecule has 1 atom stereocenters. The molecule has 0 aliphatic carbocycles. The summed E-state index contributed by atoms with van der Waals surface area (Å²) in [5, 5.41) is 13.5. The number of rotatable bonds is 3. The van der Waals surface area contributed by atoms with Crippen LogP contribution in [0.15, 0.2) is 30.3 Å². The van der Waals surface area contributed by atoms with Crippen LogP contribution in [0.5, 0.6) is 0 Å². The predicted molar refractivity (Wildman–Crippen MR) is 79.2 cm³/mol. The zero-order valence-corrected chi connectivity index (χ0v) is 12.9. The van der Waals surface area contributed by atoms with Gasteiger partial charge in [-0.25, -0.2) is 4.39 Å². The quantitative estimate of drug-likeness (QED) is 0.715. The van der Waals surface area contributed by atoms with E-state index in [0.717, 1.165) is 6.07 Å². The van der Waals surface area contributed by atoms with Gasteiger partial charge < -0.3 is 5.32 Å². The number of nitrogens with one attached hydrogen (secondary N) is 1. The minimum Gasteiger partial charge on any atom is -0.362 e. The summed E-state index contributed by atoms with van der Waals surface area (Å²) in [6, 6.07) is 6.32. The van der Waals surface area contributed by atoms with E-state index in [9.17, 15) is 17.6 Å². The number of hydrogen-bond acceptors (Lipinski definition) is 4. The van der Waals surface area contributed by atoms with E-state index in [2.05, 4.69) is 20.6 Å². The fourth-order valence-electron chi connectivity index (χ4n) is 2.19. The average Bonchev–Trinajstić information content (AvgIpc) is 2.90. The van der Waals surface area contributed by atoms with Crippen LogP contribution in [0.3, 0.4) is 0 Å². The number of benzene rings is 1. The lowest BCUT2D eigenvalue weighted by Gasteiger charge is -2.16. The normalized spacial score (nSPS) is 13.2. The van der Waals surface area contributed by atoms with E-state index in [4.69, 9.17) is 11.6 Å². The molecule has 0 bridgehead atoms. The van der Waals surface area contributed by atoms with Gasteiger partial charge in [0.15, 0.2) is 5.65 Å². The summed E-state index contributed by atoms with van der Waals surface area (Å²) in [4.78, 5) is 0. The van der Waals surface area contributed by atoms with E-state index < -0.39 is 23.9 Å². The summed E-state index contributed by atoms with van der Waals surface area (Å²) in [7, 11) is 0. The van der Waals surface area contributed by atoms with Gasteiger partial charge >= 0.3 is 6.18 Å². The van der Waals surface area contributed by atoms with E-state index >= 15 is 0 Å². The van der Waals surface area contributed by atoms with Crippen molar-refractivity contribution in [3.63, 3.8) is 0 Å². The van der Waals surface area contributed by atoms with Crippen LogP contribution in [-0.2, 0) is 6.18 Å². The van der Waals surface area contributed by atoms with Crippen LogP contribution in [0.2, 0.25) is 5.02 Å². The van der Waals surface area contributed by atoms with E-state index in [1.165, 1.54) is 24.3 Å². The third-order valence-corrected chi connectivity index (χ3v) is 3.64. The molecule has 0 amide bonds. The van der Waals surface area contributed by atoms with Crippen molar-refractivity contribution in [3.05, 3.63) is 52.6 Å². The monoisotopic (exact) mass is 359 g/mol. The van der Waals surface area contributed by atoms with Gasteiger partial charge in [0.1, 0.15) is 11.6 Å². The second kappa shape index (κ2) is 5.90. The Morgan fingerprint density at radius 2 is 1.92 bits per heavy atom. The molecule has 0 radical (unpaired) electrons. The summed E-state index contributed by atoms with van der Waals surface area (Å²) in [6.45, 7) is 1.72. The average molecular weight is 360 g/mol. The van der Waals surface area contributed by atoms with Crippen molar-refractivity contribution in [1.82, 2.24) is 19.8 Å². The second-order valence-electron chi connectivity index (χ2n) is 5.04. The molecular weight excluding hydrogens is 350 g/mol. The first kappa shape index (κ1) is 16.4. The van der Waals surface area contributed by atoms with E-state index in [1.807, 2.05) is 0 Å². The van der Waals surface area contributed by atoms with E-state index in [-0.39, 0.29) is 16.5 Å². The van der Waals surface area contributed by atoms with Crippen LogP contribution in [0.25, 0.3) is 5.65 Å². The molecule has 1 unspecified atom stereocenters. The Morgan fingerprint density at radius 1 is 1.17 bits per heavy atom. The van der Waals surface area contributed by atoms with Gasteiger partial charge in [-0.05, 0) is 36.8 Å². The predicted octanol–water partition coefficient (Wildman–Crippen LogP) is 4.11. The number of hydrogen-bond donors (Lipinski definition) is 1. The minimum atomic E-state index is -4.67. The maximum absolute atomic E-state index is 13.1. The van der Waals surface area contributed by atoms with Crippen molar-refractivity contribution < 1.29 is 17.6 Å². The number of nitrogens with zero attached hydrogens (tertiary/aromatic N) is 4. The highest BCUT2D eigenvalue weighted by molar-refractivity contribution is 6.31. The number of anilines is 1. The van der Waals surface area contributed by atoms with Gasteiger partial charge in [-0.2, -0.15) is 17.7 Å². The number of halogens is 5. The smallest absolute Gasteiger partial charge is 0.362 e. The van der Waals surface area contributed by atoms with Crippen LogP contribution in [-0.4, -0.2) is 19.8 Å². The van der Waals surface area contributed by atoms with E-state index in [1.54, 1.807) is 6.92 Å². The van der Waals surface area contributed by atoms with Gasteiger partial charge in [-0.15, -0.1) is 15.3 Å². The Labute approximate surface area is 138 Å². The fraction of sp³-hybridized carbons (Fsp3) is 0.214. The van der Waals surface area contributed by atoms with Crippen LogP contribution in [0.4, 0.5) is 23.4 Å².